The van der Waals surface area contributed by atoms with E-state index in [-0.39, 0.29) is 11.8 Å². The van der Waals surface area contributed by atoms with Crippen molar-refractivity contribution in [1.82, 2.24) is 15.0 Å². The van der Waals surface area contributed by atoms with Crippen LogP contribution in [0.25, 0.3) is 22.0 Å². The minimum Gasteiger partial charge on any atom is -0.368 e. The molecule has 0 saturated carbocycles. The second-order valence-electron chi connectivity index (χ2n) is 6.92. The van der Waals surface area contributed by atoms with Gasteiger partial charge in [-0.1, -0.05) is 12.1 Å². The molecular formula is C22H16F3N5O. The first kappa shape index (κ1) is 20.3. The highest BCUT2D eigenvalue weighted by atomic mass is 19.4. The van der Waals surface area contributed by atoms with Gasteiger partial charge in [-0.2, -0.15) is 13.2 Å². The van der Waals surface area contributed by atoms with E-state index in [2.05, 4.69) is 20.3 Å². The van der Waals surface area contributed by atoms with Gasteiger partial charge in [0, 0.05) is 23.3 Å². The van der Waals surface area contributed by atoms with Crippen LogP contribution in [0.3, 0.4) is 0 Å². The van der Waals surface area contributed by atoms with Gasteiger partial charge in [-0.15, -0.1) is 0 Å². The molecule has 0 spiro atoms. The number of aryl methyl sites for hydroxylation is 1. The molecule has 0 saturated heterocycles. The molecule has 0 atom stereocenters. The summed E-state index contributed by atoms with van der Waals surface area (Å²) in [5, 5.41) is 3.32. The van der Waals surface area contributed by atoms with Crippen LogP contribution in [-0.4, -0.2) is 20.9 Å². The number of nitrogens with zero attached hydrogens (tertiary/aromatic N) is 3. The first-order valence-corrected chi connectivity index (χ1v) is 9.18. The van der Waals surface area contributed by atoms with Gasteiger partial charge in [0.05, 0.1) is 11.1 Å². The number of nitrogens with one attached hydrogen (secondary N) is 1. The average Bonchev–Trinajstić information content (AvgIpc) is 2.73. The lowest BCUT2D eigenvalue weighted by Gasteiger charge is -2.11. The maximum absolute atomic E-state index is 12.7. The number of alkyl halides is 3. The molecule has 2 heterocycles. The van der Waals surface area contributed by atoms with E-state index in [0.717, 1.165) is 34.2 Å². The van der Waals surface area contributed by atoms with Crippen molar-refractivity contribution in [3.05, 3.63) is 77.6 Å². The van der Waals surface area contributed by atoms with Gasteiger partial charge in [0.25, 0.3) is 5.91 Å². The topological polar surface area (TPSA) is 93.8 Å². The summed E-state index contributed by atoms with van der Waals surface area (Å²) >= 11 is 0. The normalized spacial score (nSPS) is 11.5. The Kier molecular flexibility index (Phi) is 5.02. The molecule has 6 nitrogen and oxygen atoms in total. The van der Waals surface area contributed by atoms with Crippen LogP contribution in [0.1, 0.15) is 21.5 Å². The number of anilines is 2. The zero-order valence-corrected chi connectivity index (χ0v) is 16.2. The average molecular weight is 423 g/mol. The number of hydrogen-bond acceptors (Lipinski definition) is 5. The lowest BCUT2D eigenvalue weighted by atomic mass is 9.97. The molecule has 0 unspecified atom stereocenters. The highest BCUT2D eigenvalue weighted by Crippen LogP contribution is 2.30. The third kappa shape index (κ3) is 4.30. The minimum absolute atomic E-state index is 0.0283. The maximum Gasteiger partial charge on any atom is 0.417 e. The zero-order valence-electron chi connectivity index (χ0n) is 16.2. The molecule has 2 aromatic carbocycles. The number of carbonyl (C=O) groups excluding carboxylic acids is 1. The van der Waals surface area contributed by atoms with Crippen LogP contribution in [-0.2, 0) is 6.18 Å². The number of nitrogen functional groups attached to an aromatic ring is 1. The number of pyridine rings is 1. The van der Waals surface area contributed by atoms with Crippen molar-refractivity contribution in [2.75, 3.05) is 11.1 Å². The monoisotopic (exact) mass is 423 g/mol. The van der Waals surface area contributed by atoms with Gasteiger partial charge in [-0.25, -0.2) is 15.0 Å². The predicted octanol–water partition coefficient (Wildman–Crippen LogP) is 4.85. The standard InChI is InChI=1S/C22H16F3N5O/c1-12-2-3-14(20(31)30-19-7-5-16(11-27-19)22(23,24)25)9-17(12)13-4-6-18-15(8-13)10-28-21(26)29-18/h2-11H,1H3,(H2,26,28,29)(H,27,30,31). The van der Waals surface area contributed by atoms with E-state index in [9.17, 15) is 18.0 Å². The van der Waals surface area contributed by atoms with Crippen molar-refractivity contribution in [2.45, 2.75) is 13.1 Å². The molecule has 4 rings (SSSR count). The quantitative estimate of drug-likeness (QED) is 0.491. The fourth-order valence-corrected chi connectivity index (χ4v) is 3.11. The van der Waals surface area contributed by atoms with Crippen LogP contribution >= 0.6 is 0 Å². The largest absolute Gasteiger partial charge is 0.417 e. The lowest BCUT2D eigenvalue weighted by molar-refractivity contribution is -0.137. The van der Waals surface area contributed by atoms with Crippen molar-refractivity contribution in [2.24, 2.45) is 0 Å². The molecule has 0 bridgehead atoms. The summed E-state index contributed by atoms with van der Waals surface area (Å²) in [6.45, 7) is 1.91. The summed E-state index contributed by atoms with van der Waals surface area (Å²) < 4.78 is 38.0. The molecule has 0 aliphatic carbocycles. The van der Waals surface area contributed by atoms with Crippen molar-refractivity contribution >= 4 is 28.6 Å². The van der Waals surface area contributed by atoms with Gasteiger partial charge >= 0.3 is 6.18 Å². The number of hydrogen-bond donors (Lipinski definition) is 2. The van der Waals surface area contributed by atoms with Gasteiger partial charge in [0.1, 0.15) is 5.82 Å². The lowest BCUT2D eigenvalue weighted by Crippen LogP contribution is -2.14. The summed E-state index contributed by atoms with van der Waals surface area (Å²) in [5.41, 5.74) is 8.41. The summed E-state index contributed by atoms with van der Waals surface area (Å²) in [6, 6.07) is 12.7. The number of aromatic nitrogens is 3. The summed E-state index contributed by atoms with van der Waals surface area (Å²) in [4.78, 5) is 24.5. The number of halogens is 3. The number of amides is 1. The Morgan fingerprint density at radius 3 is 2.52 bits per heavy atom. The fourth-order valence-electron chi connectivity index (χ4n) is 3.11. The second-order valence-corrected chi connectivity index (χ2v) is 6.92. The summed E-state index contributed by atoms with van der Waals surface area (Å²) in [6.07, 6.45) is -2.18. The number of fused-ring (bicyclic) bond motifs is 1. The molecule has 0 radical (unpaired) electrons. The van der Waals surface area contributed by atoms with Crippen LogP contribution in [0, 0.1) is 6.92 Å². The number of nitrogens with two attached hydrogens (primary N) is 1. The van der Waals surface area contributed by atoms with Gasteiger partial charge < -0.3 is 11.1 Å². The van der Waals surface area contributed by atoms with Crippen LogP contribution in [0.4, 0.5) is 24.9 Å². The number of benzene rings is 2. The molecular weight excluding hydrogens is 407 g/mol. The maximum atomic E-state index is 12.7. The Balaban J connectivity index is 1.61. The van der Waals surface area contributed by atoms with Crippen LogP contribution < -0.4 is 11.1 Å². The Morgan fingerprint density at radius 2 is 1.81 bits per heavy atom. The fraction of sp³-hybridized carbons (Fsp3) is 0.0909. The Morgan fingerprint density at radius 1 is 1.00 bits per heavy atom. The Bertz CT molecular complexity index is 1290. The van der Waals surface area contributed by atoms with Gasteiger partial charge in [0.2, 0.25) is 5.95 Å². The Hall–Kier alpha value is -4.01. The molecule has 9 heteroatoms. The van der Waals surface area contributed by atoms with Crippen molar-refractivity contribution in [1.29, 1.82) is 0 Å². The SMILES string of the molecule is Cc1ccc(C(=O)Nc2ccc(C(F)(F)F)cn2)cc1-c1ccc2nc(N)ncc2c1. The van der Waals surface area contributed by atoms with E-state index in [1.54, 1.807) is 24.4 Å². The first-order chi connectivity index (χ1) is 14.7. The molecule has 3 N–H and O–H groups in total. The van der Waals surface area contributed by atoms with E-state index >= 15 is 0 Å². The second kappa shape index (κ2) is 7.67. The van der Waals surface area contributed by atoms with Crippen molar-refractivity contribution < 1.29 is 18.0 Å². The third-order valence-electron chi connectivity index (χ3n) is 4.74. The zero-order chi connectivity index (χ0) is 22.2. The van der Waals surface area contributed by atoms with Crippen molar-refractivity contribution in [3.8, 4) is 11.1 Å². The van der Waals surface area contributed by atoms with Gasteiger partial charge in [0.15, 0.2) is 0 Å². The third-order valence-corrected chi connectivity index (χ3v) is 4.74. The molecule has 156 valence electrons. The summed E-state index contributed by atoms with van der Waals surface area (Å²) in [7, 11) is 0. The van der Waals surface area contributed by atoms with E-state index in [1.807, 2.05) is 25.1 Å². The van der Waals surface area contributed by atoms with Crippen LogP contribution in [0.15, 0.2) is 60.9 Å². The van der Waals surface area contributed by atoms with Crippen LogP contribution in [0.2, 0.25) is 0 Å². The summed E-state index contributed by atoms with van der Waals surface area (Å²) in [5.74, 6) is -0.266. The van der Waals surface area contributed by atoms with E-state index in [0.29, 0.717) is 17.3 Å². The van der Waals surface area contributed by atoms with Crippen molar-refractivity contribution in [3.63, 3.8) is 0 Å². The smallest absolute Gasteiger partial charge is 0.368 e. The molecule has 0 aliphatic rings. The van der Waals surface area contributed by atoms with E-state index < -0.39 is 17.6 Å². The predicted molar refractivity (Wildman–Crippen MR) is 111 cm³/mol. The van der Waals surface area contributed by atoms with E-state index in [1.165, 1.54) is 0 Å². The Labute approximate surface area is 175 Å². The molecule has 4 aromatic rings. The first-order valence-electron chi connectivity index (χ1n) is 9.18. The molecule has 0 aliphatic heterocycles. The highest BCUT2D eigenvalue weighted by Gasteiger charge is 2.30. The minimum atomic E-state index is -4.49. The number of carbonyl (C=O) groups is 1. The molecule has 31 heavy (non-hydrogen) atoms. The molecule has 2 aromatic heterocycles. The number of rotatable bonds is 3. The van der Waals surface area contributed by atoms with Gasteiger partial charge in [-0.05, 0) is 60.0 Å². The molecule has 1 amide bonds. The highest BCUT2D eigenvalue weighted by molar-refractivity contribution is 6.04. The van der Waals surface area contributed by atoms with E-state index in [4.69, 9.17) is 5.73 Å². The molecule has 0 fully saturated rings. The van der Waals surface area contributed by atoms with Crippen LogP contribution in [0.5, 0.6) is 0 Å². The van der Waals surface area contributed by atoms with Gasteiger partial charge in [-0.3, -0.25) is 4.79 Å².